The van der Waals surface area contributed by atoms with Crippen LogP contribution in [0.25, 0.3) is 5.76 Å². The number of likely N-dealkylation sites (tertiary alicyclic amines) is 1. The second kappa shape index (κ2) is 9.83. The molecule has 2 heterocycles. The fraction of sp³-hybridized carbons (Fsp3) is 0.462. The molecule has 1 N–H and O–H groups in total. The Balaban J connectivity index is 2.10. The number of ketones is 1. The van der Waals surface area contributed by atoms with Gasteiger partial charge in [-0.1, -0.05) is 20.8 Å². The standard InChI is InChI=1S/C26H34N2O5/c1-7-32-19-12-11-17(16-18(19)26(2,3)4)23(29)21-22(20-10-8-15-33-20)28(25(31)24(21)30)14-9-13-27(5)6/h8,10-12,15-16,22,29H,7,9,13-14H2,1-6H3/b23-21-. The zero-order chi connectivity index (χ0) is 24.3. The molecule has 1 fully saturated rings. The van der Waals surface area contributed by atoms with Gasteiger partial charge in [-0.15, -0.1) is 0 Å². The van der Waals surface area contributed by atoms with Crippen molar-refractivity contribution in [1.82, 2.24) is 9.80 Å². The normalized spacial score (nSPS) is 18.4. The summed E-state index contributed by atoms with van der Waals surface area (Å²) in [5.41, 5.74) is 1.16. The van der Waals surface area contributed by atoms with Gasteiger partial charge in [0.1, 0.15) is 23.3 Å². The van der Waals surface area contributed by atoms with Crippen LogP contribution < -0.4 is 4.74 Å². The van der Waals surface area contributed by atoms with Crippen molar-refractivity contribution in [2.24, 2.45) is 0 Å². The van der Waals surface area contributed by atoms with Crippen LogP contribution in [-0.4, -0.2) is 60.4 Å². The first-order valence-corrected chi connectivity index (χ1v) is 11.3. The smallest absolute Gasteiger partial charge is 0.295 e. The van der Waals surface area contributed by atoms with E-state index in [1.165, 1.54) is 11.2 Å². The van der Waals surface area contributed by atoms with E-state index in [0.717, 1.165) is 17.9 Å². The molecule has 7 heteroatoms. The first-order chi connectivity index (χ1) is 15.6. The Morgan fingerprint density at radius 3 is 2.52 bits per heavy atom. The largest absolute Gasteiger partial charge is 0.507 e. The number of carbonyl (C=O) groups is 2. The molecule has 7 nitrogen and oxygen atoms in total. The SMILES string of the molecule is CCOc1ccc(/C(O)=C2/C(=O)C(=O)N(CCCN(C)C)C2c2ccco2)cc1C(C)(C)C. The van der Waals surface area contributed by atoms with Gasteiger partial charge in [0.2, 0.25) is 0 Å². The fourth-order valence-corrected chi connectivity index (χ4v) is 4.11. The van der Waals surface area contributed by atoms with Gasteiger partial charge in [-0.3, -0.25) is 9.59 Å². The summed E-state index contributed by atoms with van der Waals surface area (Å²) in [6.45, 7) is 9.75. The van der Waals surface area contributed by atoms with Crippen LogP contribution in [0.3, 0.4) is 0 Å². The number of hydrogen-bond acceptors (Lipinski definition) is 6. The molecule has 1 aromatic carbocycles. The summed E-state index contributed by atoms with van der Waals surface area (Å²) < 4.78 is 11.4. The number of ether oxygens (including phenoxy) is 1. The molecule has 0 radical (unpaired) electrons. The van der Waals surface area contributed by atoms with Crippen LogP contribution in [0.15, 0.2) is 46.6 Å². The molecule has 1 aliphatic rings. The minimum absolute atomic E-state index is 0.0452. The average Bonchev–Trinajstić information content (AvgIpc) is 3.35. The van der Waals surface area contributed by atoms with E-state index >= 15 is 0 Å². The zero-order valence-corrected chi connectivity index (χ0v) is 20.3. The maximum atomic E-state index is 13.1. The minimum Gasteiger partial charge on any atom is -0.507 e. The quantitative estimate of drug-likeness (QED) is 0.363. The van der Waals surface area contributed by atoms with Crippen molar-refractivity contribution in [3.8, 4) is 5.75 Å². The van der Waals surface area contributed by atoms with Crippen LogP contribution >= 0.6 is 0 Å². The van der Waals surface area contributed by atoms with E-state index in [1.54, 1.807) is 24.3 Å². The first-order valence-electron chi connectivity index (χ1n) is 11.3. The molecule has 1 unspecified atom stereocenters. The summed E-state index contributed by atoms with van der Waals surface area (Å²) in [6.07, 6.45) is 2.19. The molecule has 0 bridgehead atoms. The van der Waals surface area contributed by atoms with E-state index in [-0.39, 0.29) is 16.7 Å². The number of Topliss-reactive ketones (excluding diaryl/α,β-unsaturated/α-hetero) is 1. The van der Waals surface area contributed by atoms with Gasteiger partial charge in [-0.25, -0.2) is 0 Å². The van der Waals surface area contributed by atoms with Crippen molar-refractivity contribution < 1.29 is 23.8 Å². The lowest BCUT2D eigenvalue weighted by atomic mass is 9.84. The third-order valence-corrected chi connectivity index (χ3v) is 5.72. The van der Waals surface area contributed by atoms with E-state index in [9.17, 15) is 14.7 Å². The highest BCUT2D eigenvalue weighted by Crippen LogP contribution is 2.41. The summed E-state index contributed by atoms with van der Waals surface area (Å²) >= 11 is 0. The summed E-state index contributed by atoms with van der Waals surface area (Å²) in [4.78, 5) is 29.6. The topological polar surface area (TPSA) is 83.2 Å². The van der Waals surface area contributed by atoms with Crippen LogP contribution in [0.2, 0.25) is 0 Å². The van der Waals surface area contributed by atoms with E-state index in [2.05, 4.69) is 20.8 Å². The molecule has 1 aliphatic heterocycles. The summed E-state index contributed by atoms with van der Waals surface area (Å²) in [7, 11) is 3.91. The van der Waals surface area contributed by atoms with Crippen LogP contribution in [0.5, 0.6) is 5.75 Å². The summed E-state index contributed by atoms with van der Waals surface area (Å²) in [5, 5.41) is 11.3. The number of hydrogen-bond donors (Lipinski definition) is 1. The maximum Gasteiger partial charge on any atom is 0.295 e. The van der Waals surface area contributed by atoms with Crippen molar-refractivity contribution in [2.45, 2.75) is 45.6 Å². The van der Waals surface area contributed by atoms with Gasteiger partial charge in [0, 0.05) is 17.7 Å². The van der Waals surface area contributed by atoms with Crippen LogP contribution in [0, 0.1) is 0 Å². The van der Waals surface area contributed by atoms with Gasteiger partial charge in [0.25, 0.3) is 11.7 Å². The monoisotopic (exact) mass is 454 g/mol. The highest BCUT2D eigenvalue weighted by atomic mass is 16.5. The van der Waals surface area contributed by atoms with Gasteiger partial charge in [0.05, 0.1) is 18.4 Å². The predicted molar refractivity (Wildman–Crippen MR) is 127 cm³/mol. The van der Waals surface area contributed by atoms with Crippen molar-refractivity contribution in [3.05, 3.63) is 59.1 Å². The molecule has 0 aliphatic carbocycles. The van der Waals surface area contributed by atoms with Gasteiger partial charge in [-0.2, -0.15) is 0 Å². The predicted octanol–water partition coefficient (Wildman–Crippen LogP) is 4.35. The lowest BCUT2D eigenvalue weighted by Crippen LogP contribution is -2.32. The van der Waals surface area contributed by atoms with E-state index in [0.29, 0.717) is 30.9 Å². The van der Waals surface area contributed by atoms with Crippen molar-refractivity contribution in [3.63, 3.8) is 0 Å². The number of furan rings is 1. The Hall–Kier alpha value is -3.06. The summed E-state index contributed by atoms with van der Waals surface area (Å²) in [5.74, 6) is -0.363. The second-order valence-electron chi connectivity index (χ2n) is 9.56. The Labute approximate surface area is 195 Å². The molecule has 3 rings (SSSR count). The van der Waals surface area contributed by atoms with E-state index in [4.69, 9.17) is 9.15 Å². The van der Waals surface area contributed by atoms with Crippen molar-refractivity contribution in [2.75, 3.05) is 33.8 Å². The van der Waals surface area contributed by atoms with Crippen molar-refractivity contribution >= 4 is 17.4 Å². The molecule has 1 aromatic heterocycles. The minimum atomic E-state index is -0.771. The zero-order valence-electron chi connectivity index (χ0n) is 20.3. The number of aliphatic hydroxyl groups is 1. The van der Waals surface area contributed by atoms with Crippen LogP contribution in [0.1, 0.15) is 57.0 Å². The first kappa shape index (κ1) is 24.6. The molecule has 1 amide bonds. The average molecular weight is 455 g/mol. The van der Waals surface area contributed by atoms with E-state index < -0.39 is 17.7 Å². The Bertz CT molecular complexity index is 1030. The van der Waals surface area contributed by atoms with Gasteiger partial charge in [0.15, 0.2) is 0 Å². The molecule has 2 aromatic rings. The van der Waals surface area contributed by atoms with Gasteiger partial charge < -0.3 is 24.1 Å². The van der Waals surface area contributed by atoms with Gasteiger partial charge >= 0.3 is 0 Å². The number of nitrogens with zero attached hydrogens (tertiary/aromatic N) is 2. The number of carbonyl (C=O) groups excluding carboxylic acids is 2. The number of rotatable bonds is 8. The molecule has 1 atom stereocenters. The number of aliphatic hydroxyl groups excluding tert-OH is 1. The van der Waals surface area contributed by atoms with Crippen LogP contribution in [-0.2, 0) is 15.0 Å². The molecule has 0 saturated carbocycles. The molecule has 178 valence electrons. The second-order valence-corrected chi connectivity index (χ2v) is 9.56. The molecular weight excluding hydrogens is 420 g/mol. The lowest BCUT2D eigenvalue weighted by molar-refractivity contribution is -0.140. The van der Waals surface area contributed by atoms with Gasteiger partial charge in [-0.05, 0) is 69.7 Å². The molecule has 33 heavy (non-hydrogen) atoms. The molecule has 0 spiro atoms. The number of amides is 1. The van der Waals surface area contributed by atoms with E-state index in [1.807, 2.05) is 32.0 Å². The third kappa shape index (κ3) is 5.14. The third-order valence-electron chi connectivity index (χ3n) is 5.72. The van der Waals surface area contributed by atoms with Crippen LogP contribution in [0.4, 0.5) is 0 Å². The Morgan fingerprint density at radius 2 is 1.94 bits per heavy atom. The van der Waals surface area contributed by atoms with Crippen molar-refractivity contribution in [1.29, 1.82) is 0 Å². The summed E-state index contributed by atoms with van der Waals surface area (Å²) in [6, 6.07) is 8.01. The number of benzene rings is 1. The Kier molecular flexibility index (Phi) is 7.32. The highest BCUT2D eigenvalue weighted by Gasteiger charge is 2.47. The molecular formula is C26H34N2O5. The highest BCUT2D eigenvalue weighted by molar-refractivity contribution is 6.46. The maximum absolute atomic E-state index is 13.1. The fourth-order valence-electron chi connectivity index (χ4n) is 4.11. The molecule has 1 saturated heterocycles. The Morgan fingerprint density at radius 1 is 1.21 bits per heavy atom. The lowest BCUT2D eigenvalue weighted by Gasteiger charge is -2.25.